The number of benzene rings is 2. The highest BCUT2D eigenvalue weighted by Crippen LogP contribution is 2.35. The maximum atomic E-state index is 12.6. The summed E-state index contributed by atoms with van der Waals surface area (Å²) in [6.07, 6.45) is 4.16. The van der Waals surface area contributed by atoms with Gasteiger partial charge in [0.05, 0.1) is 5.75 Å². The molecule has 0 aliphatic carbocycles. The highest BCUT2D eigenvalue weighted by atomic mass is 32.2. The van der Waals surface area contributed by atoms with Gasteiger partial charge in [0.15, 0.2) is 0 Å². The molecule has 0 atom stereocenters. The Morgan fingerprint density at radius 3 is 2.53 bits per heavy atom. The lowest BCUT2D eigenvalue weighted by atomic mass is 9.89. The minimum atomic E-state index is -3.27. The van der Waals surface area contributed by atoms with Crippen LogP contribution in [-0.2, 0) is 10.0 Å². The molecule has 2 aromatic carbocycles. The quantitative estimate of drug-likeness (QED) is 0.558. The molecular weight excluding hydrogens is 398 g/mol. The van der Waals surface area contributed by atoms with Gasteiger partial charge in [0.1, 0.15) is 0 Å². The van der Waals surface area contributed by atoms with Crippen molar-refractivity contribution in [3.05, 3.63) is 60.3 Å². The van der Waals surface area contributed by atoms with E-state index in [1.54, 1.807) is 4.31 Å². The van der Waals surface area contributed by atoms with Gasteiger partial charge in [-0.15, -0.1) is 0 Å². The van der Waals surface area contributed by atoms with Crippen molar-refractivity contribution >= 4 is 20.9 Å². The predicted octanol–water partition coefficient (Wildman–Crippen LogP) is 4.06. The van der Waals surface area contributed by atoms with Crippen LogP contribution in [-0.4, -0.2) is 60.4 Å². The molecule has 160 valence electrons. The van der Waals surface area contributed by atoms with Gasteiger partial charge in [0, 0.05) is 43.8 Å². The van der Waals surface area contributed by atoms with Crippen molar-refractivity contribution in [2.75, 3.05) is 32.4 Å². The SMILES string of the molecule is CN(O)CCCS(=O)(=O)N1CCC(c2c[nH]c3ccc(-c4ccccc4)cc23)CC1. The summed E-state index contributed by atoms with van der Waals surface area (Å²) in [5.74, 6) is 0.426. The van der Waals surface area contributed by atoms with Crippen molar-refractivity contribution in [1.29, 1.82) is 0 Å². The molecule has 0 spiro atoms. The normalized spacial score (nSPS) is 16.5. The number of piperidine rings is 1. The number of hydroxylamine groups is 2. The predicted molar refractivity (Wildman–Crippen MR) is 120 cm³/mol. The Balaban J connectivity index is 1.47. The number of nitrogens with one attached hydrogen (secondary N) is 1. The molecule has 0 amide bonds. The van der Waals surface area contributed by atoms with Crippen molar-refractivity contribution in [3.63, 3.8) is 0 Å². The number of sulfonamides is 1. The molecule has 7 heteroatoms. The average Bonchev–Trinajstić information content (AvgIpc) is 3.17. The summed E-state index contributed by atoms with van der Waals surface area (Å²) in [6, 6.07) is 16.9. The first-order valence-corrected chi connectivity index (χ1v) is 12.1. The van der Waals surface area contributed by atoms with Crippen molar-refractivity contribution in [1.82, 2.24) is 14.4 Å². The smallest absolute Gasteiger partial charge is 0.214 e. The molecule has 1 aromatic heterocycles. The van der Waals surface area contributed by atoms with Crippen LogP contribution in [0.15, 0.2) is 54.7 Å². The van der Waals surface area contributed by atoms with Crippen LogP contribution in [0.3, 0.4) is 0 Å². The van der Waals surface area contributed by atoms with E-state index in [9.17, 15) is 13.6 Å². The molecular formula is C23H29N3O3S. The number of nitrogens with zero attached hydrogens (tertiary/aromatic N) is 2. The lowest BCUT2D eigenvalue weighted by molar-refractivity contribution is -0.0641. The van der Waals surface area contributed by atoms with Crippen molar-refractivity contribution in [2.24, 2.45) is 0 Å². The van der Waals surface area contributed by atoms with Crippen molar-refractivity contribution in [2.45, 2.75) is 25.2 Å². The Labute approximate surface area is 178 Å². The van der Waals surface area contributed by atoms with E-state index in [0.717, 1.165) is 23.4 Å². The summed E-state index contributed by atoms with van der Waals surface area (Å²) in [4.78, 5) is 3.38. The molecule has 30 heavy (non-hydrogen) atoms. The molecule has 0 bridgehead atoms. The van der Waals surface area contributed by atoms with Gasteiger partial charge in [-0.1, -0.05) is 36.4 Å². The zero-order chi connectivity index (χ0) is 21.1. The molecule has 1 saturated heterocycles. The molecule has 1 aliphatic rings. The summed E-state index contributed by atoms with van der Waals surface area (Å²) in [7, 11) is -1.74. The molecule has 4 rings (SSSR count). The van der Waals surface area contributed by atoms with E-state index in [2.05, 4.69) is 41.5 Å². The fourth-order valence-electron chi connectivity index (χ4n) is 4.34. The number of hydrogen-bond donors (Lipinski definition) is 2. The van der Waals surface area contributed by atoms with E-state index in [1.165, 1.54) is 29.1 Å². The van der Waals surface area contributed by atoms with Crippen LogP contribution in [0.25, 0.3) is 22.0 Å². The first-order chi connectivity index (χ1) is 14.4. The Bertz CT molecular complexity index is 1090. The summed E-state index contributed by atoms with van der Waals surface area (Å²) in [6.45, 7) is 1.45. The van der Waals surface area contributed by atoms with Crippen LogP contribution < -0.4 is 0 Å². The monoisotopic (exact) mass is 427 g/mol. The second-order valence-electron chi connectivity index (χ2n) is 8.09. The zero-order valence-corrected chi connectivity index (χ0v) is 18.1. The molecule has 6 nitrogen and oxygen atoms in total. The van der Waals surface area contributed by atoms with Crippen LogP contribution >= 0.6 is 0 Å². The van der Waals surface area contributed by atoms with E-state index in [0.29, 0.717) is 32.0 Å². The number of H-pyrrole nitrogens is 1. The van der Waals surface area contributed by atoms with Gasteiger partial charge in [-0.2, -0.15) is 5.06 Å². The van der Waals surface area contributed by atoms with Crippen molar-refractivity contribution in [3.8, 4) is 11.1 Å². The molecule has 0 unspecified atom stereocenters. The van der Waals surface area contributed by atoms with E-state index >= 15 is 0 Å². The van der Waals surface area contributed by atoms with E-state index in [4.69, 9.17) is 0 Å². The van der Waals surface area contributed by atoms with Gasteiger partial charge in [0.2, 0.25) is 10.0 Å². The third-order valence-corrected chi connectivity index (χ3v) is 7.95. The largest absolute Gasteiger partial charge is 0.361 e. The molecule has 3 aromatic rings. The number of aromatic nitrogens is 1. The van der Waals surface area contributed by atoms with E-state index in [1.807, 2.05) is 18.2 Å². The van der Waals surface area contributed by atoms with Gasteiger partial charge in [-0.25, -0.2) is 12.7 Å². The first kappa shape index (κ1) is 21.1. The number of hydrogen-bond acceptors (Lipinski definition) is 4. The lowest BCUT2D eigenvalue weighted by Gasteiger charge is -2.31. The Morgan fingerprint density at radius 1 is 1.10 bits per heavy atom. The van der Waals surface area contributed by atoms with Gasteiger partial charge in [0.25, 0.3) is 0 Å². The maximum absolute atomic E-state index is 12.6. The van der Waals surface area contributed by atoms with Gasteiger partial charge in [-0.05, 0) is 54.0 Å². The zero-order valence-electron chi connectivity index (χ0n) is 17.3. The van der Waals surface area contributed by atoms with Gasteiger partial charge >= 0.3 is 0 Å². The highest BCUT2D eigenvalue weighted by Gasteiger charge is 2.29. The second kappa shape index (κ2) is 8.89. The summed E-state index contributed by atoms with van der Waals surface area (Å²) >= 11 is 0. The van der Waals surface area contributed by atoms with Gasteiger partial charge < -0.3 is 10.2 Å². The van der Waals surface area contributed by atoms with Crippen LogP contribution in [0.2, 0.25) is 0 Å². The Kier molecular flexibility index (Phi) is 6.24. The Morgan fingerprint density at radius 2 is 1.83 bits per heavy atom. The van der Waals surface area contributed by atoms with Crippen LogP contribution in [0.5, 0.6) is 0 Å². The topological polar surface area (TPSA) is 76.6 Å². The summed E-state index contributed by atoms with van der Waals surface area (Å²) < 4.78 is 26.8. The van der Waals surface area contributed by atoms with Crippen LogP contribution in [0, 0.1) is 0 Å². The molecule has 2 N–H and O–H groups in total. The fraction of sp³-hybridized carbons (Fsp3) is 0.391. The van der Waals surface area contributed by atoms with Gasteiger partial charge in [-0.3, -0.25) is 0 Å². The molecule has 0 radical (unpaired) electrons. The fourth-order valence-corrected chi connectivity index (χ4v) is 5.86. The molecule has 2 heterocycles. The second-order valence-corrected chi connectivity index (χ2v) is 10.2. The summed E-state index contributed by atoms with van der Waals surface area (Å²) in [5.41, 5.74) is 4.79. The number of rotatable bonds is 7. The average molecular weight is 428 g/mol. The first-order valence-electron chi connectivity index (χ1n) is 10.5. The number of fused-ring (bicyclic) bond motifs is 1. The number of aromatic amines is 1. The minimum Gasteiger partial charge on any atom is -0.361 e. The van der Waals surface area contributed by atoms with Crippen LogP contribution in [0.4, 0.5) is 0 Å². The molecule has 0 saturated carbocycles. The van der Waals surface area contributed by atoms with E-state index < -0.39 is 10.0 Å². The van der Waals surface area contributed by atoms with Crippen LogP contribution in [0.1, 0.15) is 30.7 Å². The minimum absolute atomic E-state index is 0.0795. The lowest BCUT2D eigenvalue weighted by Crippen LogP contribution is -2.39. The Hall–Kier alpha value is -2.19. The third kappa shape index (κ3) is 4.59. The maximum Gasteiger partial charge on any atom is 0.214 e. The highest BCUT2D eigenvalue weighted by molar-refractivity contribution is 7.89. The van der Waals surface area contributed by atoms with Crippen molar-refractivity contribution < 1.29 is 13.6 Å². The third-order valence-electron chi connectivity index (χ3n) is 5.99. The summed E-state index contributed by atoms with van der Waals surface area (Å²) in [5, 5.41) is 11.5. The molecule has 1 fully saturated rings. The molecule has 1 aliphatic heterocycles. The van der Waals surface area contributed by atoms with E-state index in [-0.39, 0.29) is 5.75 Å². The standard InChI is InChI=1S/C23H29N3O3S/c1-25(27)12-5-15-30(28,29)26-13-10-19(11-14-26)22-17-24-23-9-8-20(16-21(22)23)18-6-3-2-4-7-18/h2-4,6-9,16-17,19,24,27H,5,10-15H2,1H3.